The van der Waals surface area contributed by atoms with Crippen molar-refractivity contribution in [2.75, 3.05) is 25.2 Å². The van der Waals surface area contributed by atoms with Crippen LogP contribution in [0, 0.1) is 5.92 Å². The molecule has 9 nitrogen and oxygen atoms in total. The van der Waals surface area contributed by atoms with Gasteiger partial charge in [0.1, 0.15) is 0 Å². The number of anilines is 2. The Morgan fingerprint density at radius 2 is 1.90 bits per heavy atom. The number of amides is 2. The van der Waals surface area contributed by atoms with E-state index in [-0.39, 0.29) is 36.3 Å². The lowest BCUT2D eigenvalue weighted by Crippen LogP contribution is -2.43. The first kappa shape index (κ1) is 27.4. The molecule has 2 N–H and O–H groups in total. The lowest BCUT2D eigenvalue weighted by molar-refractivity contribution is -0.138. The van der Waals surface area contributed by atoms with E-state index in [1.54, 1.807) is 72.6 Å². The second-order valence-electron chi connectivity index (χ2n) is 10.2. The number of ether oxygens (including phenoxy) is 1. The van der Waals surface area contributed by atoms with E-state index in [1.165, 1.54) is 16.6 Å². The summed E-state index contributed by atoms with van der Waals surface area (Å²) in [6, 6.07) is 17.3. The number of hydrogen-bond donors (Lipinski definition) is 2. The molecule has 1 saturated heterocycles. The molecule has 0 spiro atoms. The van der Waals surface area contributed by atoms with Gasteiger partial charge in [-0.05, 0) is 55.3 Å². The van der Waals surface area contributed by atoms with E-state index in [9.17, 15) is 24.6 Å². The highest BCUT2D eigenvalue weighted by molar-refractivity contribution is 6.12. The average molecular weight is 544 g/mol. The van der Waals surface area contributed by atoms with Crippen LogP contribution in [-0.2, 0) is 15.2 Å². The standard InChI is InChI=1S/C31H33N3O6/c1-21(9-6-14-28(36)32-17-7-12-24(32)20-35)31(39)25-19-23(33-18-8-13-27(40-2)29(33)37)15-16-26(25)34(30(31)38)22-10-4-3-5-11-22/h3-6,8-11,13,15-16,18-19,21,24,35,39H,7,12,14,17,20H2,1-2H3/b9-6+/t21-,24+,31+/m1/s1. The predicted octanol–water partition coefficient (Wildman–Crippen LogP) is 3.28. The molecule has 208 valence electrons. The zero-order chi connectivity index (χ0) is 28.4. The number of aromatic nitrogens is 1. The quantitative estimate of drug-likeness (QED) is 0.422. The van der Waals surface area contributed by atoms with Gasteiger partial charge in [0.2, 0.25) is 5.91 Å². The summed E-state index contributed by atoms with van der Waals surface area (Å²) in [5.74, 6) is -1.16. The summed E-state index contributed by atoms with van der Waals surface area (Å²) in [6.45, 7) is 2.28. The second-order valence-corrected chi connectivity index (χ2v) is 10.2. The summed E-state index contributed by atoms with van der Waals surface area (Å²) < 4.78 is 6.59. The third-order valence-corrected chi connectivity index (χ3v) is 7.87. The smallest absolute Gasteiger partial charge is 0.297 e. The molecule has 1 aromatic heterocycles. The molecule has 1 fully saturated rings. The summed E-state index contributed by atoms with van der Waals surface area (Å²) in [7, 11) is 1.42. The maximum Gasteiger partial charge on any atom is 0.297 e. The number of likely N-dealkylation sites (tertiary alicyclic amines) is 1. The average Bonchev–Trinajstić information content (AvgIpc) is 3.54. The zero-order valence-electron chi connectivity index (χ0n) is 22.6. The third-order valence-electron chi connectivity index (χ3n) is 7.87. The van der Waals surface area contributed by atoms with E-state index in [0.29, 0.717) is 29.2 Å². The number of nitrogens with zero attached hydrogens (tertiary/aromatic N) is 3. The van der Waals surface area contributed by atoms with Crippen LogP contribution in [0.1, 0.15) is 31.7 Å². The molecule has 5 rings (SSSR count). The lowest BCUT2D eigenvalue weighted by atomic mass is 9.82. The van der Waals surface area contributed by atoms with Crippen LogP contribution < -0.4 is 15.2 Å². The van der Waals surface area contributed by atoms with Crippen LogP contribution in [0.25, 0.3) is 5.69 Å². The first-order valence-electron chi connectivity index (χ1n) is 13.4. The molecule has 9 heteroatoms. The molecule has 0 unspecified atom stereocenters. The van der Waals surface area contributed by atoms with E-state index in [2.05, 4.69) is 0 Å². The van der Waals surface area contributed by atoms with Gasteiger partial charge in [0.25, 0.3) is 11.5 Å². The Kier molecular flexibility index (Phi) is 7.60. The Labute approximate surface area is 232 Å². The number of para-hydroxylation sites is 1. The highest BCUT2D eigenvalue weighted by Crippen LogP contribution is 2.48. The van der Waals surface area contributed by atoms with E-state index in [0.717, 1.165) is 12.8 Å². The van der Waals surface area contributed by atoms with Crippen LogP contribution in [-0.4, -0.2) is 57.8 Å². The van der Waals surface area contributed by atoms with E-state index in [1.807, 2.05) is 18.2 Å². The van der Waals surface area contributed by atoms with Crippen molar-refractivity contribution in [3.8, 4) is 11.4 Å². The van der Waals surface area contributed by atoms with Crippen molar-refractivity contribution in [3.63, 3.8) is 0 Å². The highest BCUT2D eigenvalue weighted by atomic mass is 16.5. The third kappa shape index (κ3) is 4.61. The molecule has 0 radical (unpaired) electrons. The van der Waals surface area contributed by atoms with Crippen LogP contribution in [0.15, 0.2) is 83.8 Å². The number of benzene rings is 2. The highest BCUT2D eigenvalue weighted by Gasteiger charge is 2.53. The summed E-state index contributed by atoms with van der Waals surface area (Å²) in [5, 5.41) is 21.7. The molecule has 2 amide bonds. The van der Waals surface area contributed by atoms with Crippen molar-refractivity contribution in [1.82, 2.24) is 9.47 Å². The van der Waals surface area contributed by atoms with E-state index in [4.69, 9.17) is 4.74 Å². The molecule has 40 heavy (non-hydrogen) atoms. The predicted molar refractivity (Wildman–Crippen MR) is 151 cm³/mol. The molecule has 2 aliphatic heterocycles. The fraction of sp³-hybridized carbons (Fsp3) is 0.323. The number of carbonyl (C=O) groups excluding carboxylic acids is 2. The van der Waals surface area contributed by atoms with Crippen molar-refractivity contribution < 1.29 is 24.5 Å². The largest absolute Gasteiger partial charge is 0.491 e. The van der Waals surface area contributed by atoms with Crippen molar-refractivity contribution in [1.29, 1.82) is 0 Å². The number of aliphatic hydroxyl groups excluding tert-OH is 1. The summed E-state index contributed by atoms with van der Waals surface area (Å²) >= 11 is 0. The Morgan fingerprint density at radius 3 is 2.62 bits per heavy atom. The first-order valence-corrected chi connectivity index (χ1v) is 13.4. The maximum atomic E-state index is 14.0. The van der Waals surface area contributed by atoms with E-state index >= 15 is 0 Å². The van der Waals surface area contributed by atoms with Crippen LogP contribution in [0.2, 0.25) is 0 Å². The normalized spacial score (nSPS) is 21.2. The van der Waals surface area contributed by atoms with Gasteiger partial charge >= 0.3 is 0 Å². The van der Waals surface area contributed by atoms with Crippen molar-refractivity contribution in [3.05, 3.63) is 94.9 Å². The Bertz CT molecular complexity index is 1500. The molecule has 3 aromatic rings. The zero-order valence-corrected chi connectivity index (χ0v) is 22.6. The summed E-state index contributed by atoms with van der Waals surface area (Å²) in [5.41, 5.74) is -0.378. The molecule has 3 heterocycles. The minimum Gasteiger partial charge on any atom is -0.491 e. The number of fused-ring (bicyclic) bond motifs is 1. The molecule has 2 aromatic carbocycles. The number of rotatable bonds is 8. The SMILES string of the molecule is COc1cccn(-c2ccc3c(c2)[C@@](O)([C@H](C)/C=C/CC(=O)N2CCC[C@H]2CO)C(=O)N3c2ccccc2)c1=O. The van der Waals surface area contributed by atoms with Gasteiger partial charge in [-0.15, -0.1) is 0 Å². The van der Waals surface area contributed by atoms with Crippen molar-refractivity contribution in [2.45, 2.75) is 37.8 Å². The molecular formula is C31H33N3O6. The van der Waals surface area contributed by atoms with Gasteiger partial charge < -0.3 is 19.8 Å². The topological polar surface area (TPSA) is 112 Å². The van der Waals surface area contributed by atoms with Crippen molar-refractivity contribution in [2.24, 2.45) is 5.92 Å². The van der Waals surface area contributed by atoms with Crippen LogP contribution in [0.3, 0.4) is 0 Å². The van der Waals surface area contributed by atoms with Gasteiger partial charge in [0.05, 0.1) is 25.4 Å². The Balaban J connectivity index is 1.52. The molecule has 3 atom stereocenters. The number of methoxy groups -OCH3 is 1. The van der Waals surface area contributed by atoms with Gasteiger partial charge in [-0.25, -0.2) is 0 Å². The fourth-order valence-corrected chi connectivity index (χ4v) is 5.66. The minimum atomic E-state index is -1.95. The van der Waals surface area contributed by atoms with Crippen LogP contribution in [0.5, 0.6) is 5.75 Å². The molecule has 2 aliphatic rings. The molecule has 0 aliphatic carbocycles. The van der Waals surface area contributed by atoms with Gasteiger partial charge in [0.15, 0.2) is 11.4 Å². The second kappa shape index (κ2) is 11.1. The van der Waals surface area contributed by atoms with E-state index < -0.39 is 17.4 Å². The van der Waals surface area contributed by atoms with Crippen LogP contribution in [0.4, 0.5) is 11.4 Å². The summed E-state index contributed by atoms with van der Waals surface area (Å²) in [6.07, 6.45) is 6.69. The summed E-state index contributed by atoms with van der Waals surface area (Å²) in [4.78, 5) is 42.9. The fourth-order valence-electron chi connectivity index (χ4n) is 5.66. The Morgan fingerprint density at radius 1 is 1.12 bits per heavy atom. The van der Waals surface area contributed by atoms with Gasteiger partial charge in [-0.1, -0.05) is 37.3 Å². The van der Waals surface area contributed by atoms with Crippen LogP contribution >= 0.6 is 0 Å². The molecular weight excluding hydrogens is 510 g/mol. The number of carbonyl (C=O) groups is 2. The molecule has 0 saturated carbocycles. The van der Waals surface area contributed by atoms with Gasteiger partial charge in [-0.3, -0.25) is 23.9 Å². The van der Waals surface area contributed by atoms with Crippen molar-refractivity contribution >= 4 is 23.2 Å². The minimum absolute atomic E-state index is 0.0646. The Hall–Kier alpha value is -4.21. The number of hydrogen-bond acceptors (Lipinski definition) is 6. The van der Waals surface area contributed by atoms with Gasteiger partial charge in [0, 0.05) is 42.0 Å². The monoisotopic (exact) mass is 543 g/mol. The van der Waals surface area contributed by atoms with Gasteiger partial charge in [-0.2, -0.15) is 0 Å². The number of aliphatic hydroxyl groups is 2. The number of pyridine rings is 1. The lowest BCUT2D eigenvalue weighted by Gasteiger charge is -2.28. The maximum absolute atomic E-state index is 14.0. The first-order chi connectivity index (χ1) is 19.3. The molecule has 0 bridgehead atoms.